The van der Waals surface area contributed by atoms with E-state index < -0.39 is 0 Å². The smallest absolute Gasteiger partial charge is 0.223 e. The molecule has 2 rings (SSSR count). The predicted octanol–water partition coefficient (Wildman–Crippen LogP) is 1.01. The van der Waals surface area contributed by atoms with E-state index in [0.29, 0.717) is 32.7 Å². The summed E-state index contributed by atoms with van der Waals surface area (Å²) in [7, 11) is 0. The number of nitrogens with zero attached hydrogens (tertiary/aromatic N) is 1. The molecule has 1 aromatic rings. The number of amides is 1. The minimum Gasteiger partial charge on any atom is -0.489 e. The third-order valence-electron chi connectivity index (χ3n) is 3.08. The molecule has 0 spiro atoms. The molecule has 4 nitrogen and oxygen atoms in total. The summed E-state index contributed by atoms with van der Waals surface area (Å²) in [4.78, 5) is 13.3. The molecule has 5 heteroatoms. The first kappa shape index (κ1) is 12.8. The normalized spacial score (nSPS) is 19.3. The lowest BCUT2D eigenvalue weighted by atomic mass is 10.1. The molecule has 0 saturated carbocycles. The van der Waals surface area contributed by atoms with Crippen LogP contribution in [0.4, 0.5) is 4.39 Å². The highest BCUT2D eigenvalue weighted by atomic mass is 19.1. The summed E-state index contributed by atoms with van der Waals surface area (Å²) >= 11 is 0. The van der Waals surface area contributed by atoms with E-state index in [1.54, 1.807) is 23.1 Å². The molecule has 1 saturated heterocycles. The molecule has 1 atom stereocenters. The van der Waals surface area contributed by atoms with Crippen LogP contribution in [0.25, 0.3) is 0 Å². The van der Waals surface area contributed by atoms with Crippen LogP contribution in [0.1, 0.15) is 6.42 Å². The van der Waals surface area contributed by atoms with Crippen molar-refractivity contribution in [2.24, 2.45) is 11.7 Å². The molecule has 1 aromatic carbocycles. The third-order valence-corrected chi connectivity index (χ3v) is 3.08. The van der Waals surface area contributed by atoms with Crippen LogP contribution in [0.3, 0.4) is 0 Å². The van der Waals surface area contributed by atoms with Crippen LogP contribution in [-0.2, 0) is 4.79 Å². The van der Waals surface area contributed by atoms with Crippen molar-refractivity contribution in [3.63, 3.8) is 0 Å². The molecule has 1 aliphatic rings. The molecule has 98 valence electrons. The summed E-state index contributed by atoms with van der Waals surface area (Å²) in [5.41, 5.74) is 5.54. The average Bonchev–Trinajstić information content (AvgIpc) is 2.73. The van der Waals surface area contributed by atoms with E-state index in [-0.39, 0.29) is 23.4 Å². The number of likely N-dealkylation sites (tertiary alicyclic amines) is 1. The van der Waals surface area contributed by atoms with Gasteiger partial charge in [0.1, 0.15) is 6.61 Å². The second-order valence-corrected chi connectivity index (χ2v) is 4.42. The number of hydrogen-bond acceptors (Lipinski definition) is 3. The first-order valence-corrected chi connectivity index (χ1v) is 6.06. The fourth-order valence-electron chi connectivity index (χ4n) is 2.06. The van der Waals surface area contributed by atoms with Crippen LogP contribution in [0.15, 0.2) is 24.3 Å². The van der Waals surface area contributed by atoms with Gasteiger partial charge in [0.25, 0.3) is 0 Å². The van der Waals surface area contributed by atoms with Gasteiger partial charge in [0.15, 0.2) is 11.6 Å². The number of halogens is 1. The van der Waals surface area contributed by atoms with Crippen molar-refractivity contribution < 1.29 is 13.9 Å². The van der Waals surface area contributed by atoms with Crippen LogP contribution in [-0.4, -0.2) is 37.0 Å². The Labute approximate surface area is 106 Å². The molecular weight excluding hydrogens is 235 g/mol. The van der Waals surface area contributed by atoms with E-state index in [9.17, 15) is 9.18 Å². The number of para-hydroxylation sites is 1. The minimum atomic E-state index is -0.384. The van der Waals surface area contributed by atoms with Gasteiger partial charge in [0.2, 0.25) is 5.91 Å². The maximum absolute atomic E-state index is 13.3. The molecule has 0 aliphatic carbocycles. The van der Waals surface area contributed by atoms with Gasteiger partial charge in [-0.15, -0.1) is 0 Å². The van der Waals surface area contributed by atoms with E-state index in [4.69, 9.17) is 10.5 Å². The molecule has 0 radical (unpaired) electrons. The molecule has 18 heavy (non-hydrogen) atoms. The van der Waals surface area contributed by atoms with Crippen LogP contribution in [0.2, 0.25) is 0 Å². The van der Waals surface area contributed by atoms with Gasteiger partial charge in [-0.1, -0.05) is 12.1 Å². The molecule has 2 N–H and O–H groups in total. The first-order chi connectivity index (χ1) is 8.70. The average molecular weight is 252 g/mol. The van der Waals surface area contributed by atoms with E-state index in [2.05, 4.69) is 0 Å². The highest BCUT2D eigenvalue weighted by Gasteiger charge is 2.28. The van der Waals surface area contributed by atoms with Crippen molar-refractivity contribution in [1.29, 1.82) is 0 Å². The standard InChI is InChI=1S/C13H17FN2O2/c14-11-3-1-2-4-12(11)18-6-5-16-9-10(8-15)7-13(16)17/h1-4,10H,5-9,15H2. The Morgan fingerprint density at radius 2 is 2.22 bits per heavy atom. The number of carbonyl (C=O) groups excluding carboxylic acids is 1. The highest BCUT2D eigenvalue weighted by molar-refractivity contribution is 5.78. The summed E-state index contributed by atoms with van der Waals surface area (Å²) in [6.07, 6.45) is 0.510. The Balaban J connectivity index is 1.79. The number of nitrogens with two attached hydrogens (primary N) is 1. The number of benzene rings is 1. The summed E-state index contributed by atoms with van der Waals surface area (Å²) in [5, 5.41) is 0. The minimum absolute atomic E-state index is 0.0996. The topological polar surface area (TPSA) is 55.6 Å². The van der Waals surface area contributed by atoms with Crippen molar-refractivity contribution in [2.45, 2.75) is 6.42 Å². The SMILES string of the molecule is NCC1CC(=O)N(CCOc2ccccc2F)C1. The van der Waals surface area contributed by atoms with E-state index in [1.807, 2.05) is 0 Å². The fourth-order valence-corrected chi connectivity index (χ4v) is 2.06. The molecular formula is C13H17FN2O2. The molecule has 0 bridgehead atoms. The lowest BCUT2D eigenvalue weighted by Gasteiger charge is -2.16. The molecule has 1 heterocycles. The van der Waals surface area contributed by atoms with Crippen molar-refractivity contribution in [3.8, 4) is 5.75 Å². The summed E-state index contributed by atoms with van der Waals surface area (Å²) in [6.45, 7) is 1.97. The maximum Gasteiger partial charge on any atom is 0.223 e. The predicted molar refractivity (Wildman–Crippen MR) is 65.6 cm³/mol. The molecule has 1 amide bonds. The Kier molecular flexibility index (Phi) is 4.15. The number of carbonyl (C=O) groups is 1. The Morgan fingerprint density at radius 3 is 2.89 bits per heavy atom. The van der Waals surface area contributed by atoms with E-state index in [0.717, 1.165) is 0 Å². The zero-order valence-electron chi connectivity index (χ0n) is 10.1. The third kappa shape index (κ3) is 2.98. The van der Waals surface area contributed by atoms with Crippen LogP contribution < -0.4 is 10.5 Å². The zero-order chi connectivity index (χ0) is 13.0. The number of rotatable bonds is 5. The molecule has 1 fully saturated rings. The Bertz CT molecular complexity index is 425. The largest absolute Gasteiger partial charge is 0.489 e. The zero-order valence-corrected chi connectivity index (χ0v) is 10.1. The van der Waals surface area contributed by atoms with Gasteiger partial charge >= 0.3 is 0 Å². The number of ether oxygens (including phenoxy) is 1. The van der Waals surface area contributed by atoms with Crippen LogP contribution >= 0.6 is 0 Å². The van der Waals surface area contributed by atoms with Crippen LogP contribution in [0.5, 0.6) is 5.75 Å². The van der Waals surface area contributed by atoms with Crippen molar-refractivity contribution in [1.82, 2.24) is 4.90 Å². The van der Waals surface area contributed by atoms with Crippen molar-refractivity contribution >= 4 is 5.91 Å². The molecule has 1 unspecified atom stereocenters. The van der Waals surface area contributed by atoms with Gasteiger partial charge in [0.05, 0.1) is 6.54 Å². The van der Waals surface area contributed by atoms with Gasteiger partial charge in [-0.3, -0.25) is 4.79 Å². The second-order valence-electron chi connectivity index (χ2n) is 4.42. The van der Waals surface area contributed by atoms with Gasteiger partial charge in [-0.2, -0.15) is 0 Å². The fraction of sp³-hybridized carbons (Fsp3) is 0.462. The second kappa shape index (κ2) is 5.82. The lowest BCUT2D eigenvalue weighted by Crippen LogP contribution is -2.30. The molecule has 0 aromatic heterocycles. The lowest BCUT2D eigenvalue weighted by molar-refractivity contribution is -0.128. The Hall–Kier alpha value is -1.62. The van der Waals surface area contributed by atoms with Gasteiger partial charge in [0, 0.05) is 13.0 Å². The van der Waals surface area contributed by atoms with Crippen molar-refractivity contribution in [3.05, 3.63) is 30.1 Å². The van der Waals surface area contributed by atoms with Crippen LogP contribution in [0, 0.1) is 11.7 Å². The van der Waals surface area contributed by atoms with E-state index in [1.165, 1.54) is 6.07 Å². The number of hydrogen-bond donors (Lipinski definition) is 1. The summed E-state index contributed by atoms with van der Waals surface area (Å²) < 4.78 is 18.6. The van der Waals surface area contributed by atoms with Gasteiger partial charge < -0.3 is 15.4 Å². The van der Waals surface area contributed by atoms with Gasteiger partial charge in [-0.25, -0.2) is 4.39 Å². The van der Waals surface area contributed by atoms with Crippen molar-refractivity contribution in [2.75, 3.05) is 26.2 Å². The van der Waals surface area contributed by atoms with E-state index >= 15 is 0 Å². The quantitative estimate of drug-likeness (QED) is 0.851. The monoisotopic (exact) mass is 252 g/mol. The first-order valence-electron chi connectivity index (χ1n) is 6.06. The molecule has 1 aliphatic heterocycles. The Morgan fingerprint density at radius 1 is 1.44 bits per heavy atom. The summed E-state index contributed by atoms with van der Waals surface area (Å²) in [6, 6.07) is 6.24. The maximum atomic E-state index is 13.3. The summed E-state index contributed by atoms with van der Waals surface area (Å²) in [5.74, 6) is 0.179. The van der Waals surface area contributed by atoms with Gasteiger partial charge in [-0.05, 0) is 24.6 Å². The highest BCUT2D eigenvalue weighted by Crippen LogP contribution is 2.18.